The van der Waals surface area contributed by atoms with Crippen LogP contribution in [-0.2, 0) is 10.3 Å². The molecule has 0 aliphatic carbocycles. The third-order valence-corrected chi connectivity index (χ3v) is 3.06. The van der Waals surface area contributed by atoms with Gasteiger partial charge in [-0.3, -0.25) is 0 Å². The molecule has 1 aliphatic heterocycles. The van der Waals surface area contributed by atoms with Gasteiger partial charge in [0.1, 0.15) is 0 Å². The smallest absolute Gasteiger partial charge is 0.0932 e. The highest BCUT2D eigenvalue weighted by molar-refractivity contribution is 5.23. The van der Waals surface area contributed by atoms with Gasteiger partial charge in [0, 0.05) is 6.61 Å². The quantitative estimate of drug-likeness (QED) is 0.709. The zero-order valence-corrected chi connectivity index (χ0v) is 8.83. The van der Waals surface area contributed by atoms with Crippen LogP contribution in [0.3, 0.4) is 0 Å². The third kappa shape index (κ3) is 1.69. The topological polar surface area (TPSA) is 9.23 Å². The van der Waals surface area contributed by atoms with Gasteiger partial charge in [-0.05, 0) is 24.8 Å². The molecule has 1 heterocycles. The standard InChI is InChI=1S/C13H18O/c1-2-9-13(10-6-11-14-13)12-7-4-3-5-8-12/h3-5,7-8H,2,6,9-11H2,1H3. The lowest BCUT2D eigenvalue weighted by molar-refractivity contribution is -0.00771. The van der Waals surface area contributed by atoms with Gasteiger partial charge >= 0.3 is 0 Å². The Morgan fingerprint density at radius 3 is 2.64 bits per heavy atom. The van der Waals surface area contributed by atoms with E-state index in [-0.39, 0.29) is 5.60 Å². The molecule has 0 amide bonds. The van der Waals surface area contributed by atoms with Gasteiger partial charge in [0.25, 0.3) is 0 Å². The number of ether oxygens (including phenoxy) is 1. The Hall–Kier alpha value is -0.820. The zero-order valence-electron chi connectivity index (χ0n) is 8.83. The van der Waals surface area contributed by atoms with E-state index in [0.29, 0.717) is 0 Å². The Morgan fingerprint density at radius 1 is 1.29 bits per heavy atom. The van der Waals surface area contributed by atoms with Crippen LogP contribution in [0, 0.1) is 0 Å². The monoisotopic (exact) mass is 190 g/mol. The van der Waals surface area contributed by atoms with E-state index >= 15 is 0 Å². The molecule has 0 aromatic heterocycles. The van der Waals surface area contributed by atoms with Gasteiger partial charge in [0.05, 0.1) is 5.60 Å². The Morgan fingerprint density at radius 2 is 2.07 bits per heavy atom. The number of benzene rings is 1. The minimum atomic E-state index is 0.0377. The van der Waals surface area contributed by atoms with Crippen molar-refractivity contribution < 1.29 is 4.74 Å². The molecule has 2 rings (SSSR count). The average molecular weight is 190 g/mol. The molecular weight excluding hydrogens is 172 g/mol. The highest BCUT2D eigenvalue weighted by Gasteiger charge is 2.35. The normalized spacial score (nSPS) is 26.6. The van der Waals surface area contributed by atoms with E-state index < -0.39 is 0 Å². The highest BCUT2D eigenvalue weighted by Crippen LogP contribution is 2.39. The summed E-state index contributed by atoms with van der Waals surface area (Å²) in [5, 5.41) is 0. The van der Waals surface area contributed by atoms with Crippen molar-refractivity contribution in [1.82, 2.24) is 0 Å². The van der Waals surface area contributed by atoms with Crippen LogP contribution in [0.4, 0.5) is 0 Å². The molecule has 1 fully saturated rings. The summed E-state index contributed by atoms with van der Waals surface area (Å²) in [4.78, 5) is 0. The first kappa shape index (κ1) is 9.72. The summed E-state index contributed by atoms with van der Waals surface area (Å²) in [5.74, 6) is 0. The highest BCUT2D eigenvalue weighted by atomic mass is 16.5. The first-order valence-corrected chi connectivity index (χ1v) is 5.57. The van der Waals surface area contributed by atoms with E-state index in [2.05, 4.69) is 37.3 Å². The van der Waals surface area contributed by atoms with Crippen LogP contribution in [0.1, 0.15) is 38.2 Å². The molecule has 1 nitrogen and oxygen atoms in total. The molecule has 76 valence electrons. The van der Waals surface area contributed by atoms with Gasteiger partial charge in [0.2, 0.25) is 0 Å². The third-order valence-electron chi connectivity index (χ3n) is 3.06. The molecule has 1 aliphatic rings. The van der Waals surface area contributed by atoms with Gasteiger partial charge in [-0.25, -0.2) is 0 Å². The second-order valence-electron chi connectivity index (χ2n) is 4.06. The summed E-state index contributed by atoms with van der Waals surface area (Å²) in [6.45, 7) is 3.15. The van der Waals surface area contributed by atoms with Crippen molar-refractivity contribution in [2.24, 2.45) is 0 Å². The maximum atomic E-state index is 5.97. The SMILES string of the molecule is CCCC1(c2ccccc2)CCCO1. The van der Waals surface area contributed by atoms with Crippen LogP contribution in [0.5, 0.6) is 0 Å². The lowest BCUT2D eigenvalue weighted by Crippen LogP contribution is -2.24. The van der Waals surface area contributed by atoms with E-state index in [1.54, 1.807) is 0 Å². The molecule has 0 saturated carbocycles. The molecule has 0 radical (unpaired) electrons. The molecule has 0 bridgehead atoms. The van der Waals surface area contributed by atoms with Crippen molar-refractivity contribution in [2.75, 3.05) is 6.61 Å². The lowest BCUT2D eigenvalue weighted by atomic mass is 9.87. The first-order chi connectivity index (χ1) is 6.87. The summed E-state index contributed by atoms with van der Waals surface area (Å²) in [5.41, 5.74) is 1.40. The second-order valence-corrected chi connectivity index (χ2v) is 4.06. The van der Waals surface area contributed by atoms with E-state index in [0.717, 1.165) is 13.0 Å². The fourth-order valence-corrected chi connectivity index (χ4v) is 2.41. The summed E-state index contributed by atoms with van der Waals surface area (Å²) in [6, 6.07) is 10.7. The summed E-state index contributed by atoms with van der Waals surface area (Å²) in [6.07, 6.45) is 4.73. The fourth-order valence-electron chi connectivity index (χ4n) is 2.41. The number of rotatable bonds is 3. The zero-order chi connectivity index (χ0) is 9.86. The molecule has 0 spiro atoms. The van der Waals surface area contributed by atoms with Gasteiger partial charge in [-0.1, -0.05) is 43.7 Å². The van der Waals surface area contributed by atoms with E-state index in [4.69, 9.17) is 4.74 Å². The van der Waals surface area contributed by atoms with Crippen LogP contribution in [0.25, 0.3) is 0 Å². The van der Waals surface area contributed by atoms with Crippen molar-refractivity contribution in [3.8, 4) is 0 Å². The van der Waals surface area contributed by atoms with E-state index in [1.807, 2.05) is 0 Å². The summed E-state index contributed by atoms with van der Waals surface area (Å²) < 4.78 is 5.97. The molecule has 1 aromatic carbocycles. The largest absolute Gasteiger partial charge is 0.370 e. The number of hydrogen-bond donors (Lipinski definition) is 0. The minimum absolute atomic E-state index is 0.0377. The Bertz CT molecular complexity index is 273. The fraction of sp³-hybridized carbons (Fsp3) is 0.538. The maximum Gasteiger partial charge on any atom is 0.0932 e. The van der Waals surface area contributed by atoms with Crippen molar-refractivity contribution in [3.63, 3.8) is 0 Å². The van der Waals surface area contributed by atoms with Crippen LogP contribution in [0.2, 0.25) is 0 Å². The molecular formula is C13H18O. The van der Waals surface area contributed by atoms with Crippen LogP contribution < -0.4 is 0 Å². The summed E-state index contributed by atoms with van der Waals surface area (Å²) in [7, 11) is 0. The molecule has 14 heavy (non-hydrogen) atoms. The average Bonchev–Trinajstić information content (AvgIpc) is 2.70. The van der Waals surface area contributed by atoms with Gasteiger partial charge < -0.3 is 4.74 Å². The molecule has 0 N–H and O–H groups in total. The molecule has 1 atom stereocenters. The number of hydrogen-bond acceptors (Lipinski definition) is 1. The molecule has 1 saturated heterocycles. The molecule has 1 heteroatoms. The van der Waals surface area contributed by atoms with Crippen molar-refractivity contribution >= 4 is 0 Å². The van der Waals surface area contributed by atoms with Crippen molar-refractivity contribution in [1.29, 1.82) is 0 Å². The molecule has 1 aromatic rings. The van der Waals surface area contributed by atoms with E-state index in [1.165, 1.54) is 24.8 Å². The lowest BCUT2D eigenvalue weighted by Gasteiger charge is -2.28. The van der Waals surface area contributed by atoms with Crippen LogP contribution in [-0.4, -0.2) is 6.61 Å². The van der Waals surface area contributed by atoms with E-state index in [9.17, 15) is 0 Å². The predicted octanol–water partition coefficient (Wildman–Crippen LogP) is 3.49. The Labute approximate surface area is 86.1 Å². The Balaban J connectivity index is 2.27. The second kappa shape index (κ2) is 4.14. The minimum Gasteiger partial charge on any atom is -0.370 e. The van der Waals surface area contributed by atoms with Crippen LogP contribution in [0.15, 0.2) is 30.3 Å². The van der Waals surface area contributed by atoms with Gasteiger partial charge in [-0.15, -0.1) is 0 Å². The Kier molecular flexibility index (Phi) is 2.87. The van der Waals surface area contributed by atoms with Gasteiger partial charge in [0.15, 0.2) is 0 Å². The molecule has 1 unspecified atom stereocenters. The van der Waals surface area contributed by atoms with Gasteiger partial charge in [-0.2, -0.15) is 0 Å². The summed E-state index contributed by atoms with van der Waals surface area (Å²) >= 11 is 0. The maximum absolute atomic E-state index is 5.97. The van der Waals surface area contributed by atoms with Crippen molar-refractivity contribution in [2.45, 2.75) is 38.2 Å². The predicted molar refractivity (Wildman–Crippen MR) is 58.2 cm³/mol. The van der Waals surface area contributed by atoms with Crippen molar-refractivity contribution in [3.05, 3.63) is 35.9 Å². The first-order valence-electron chi connectivity index (χ1n) is 5.57. The van der Waals surface area contributed by atoms with Crippen LogP contribution >= 0.6 is 0 Å².